The highest BCUT2D eigenvalue weighted by Gasteiger charge is 2.36. The number of sulfonamides is 1. The summed E-state index contributed by atoms with van der Waals surface area (Å²) in [5.41, 5.74) is 2.91. The van der Waals surface area contributed by atoms with E-state index < -0.39 is 10.0 Å². The standard InChI is InChI=1S/C23H25NO5S/c1-3-21(25)19-11-17(22(26)9-15-12-24(13-15)30(2,27)28)10-18-20(14-29-23(18)19)16-7-5-4-6-8-16/h4-8,10-11,15,20H,3,9,12-14H2,1-2H3. The lowest BCUT2D eigenvalue weighted by Gasteiger charge is -2.36. The van der Waals surface area contributed by atoms with Gasteiger partial charge < -0.3 is 4.74 Å². The first-order valence-corrected chi connectivity index (χ1v) is 12.0. The summed E-state index contributed by atoms with van der Waals surface area (Å²) in [7, 11) is -3.21. The van der Waals surface area contributed by atoms with Gasteiger partial charge in [0.1, 0.15) is 5.75 Å². The molecule has 0 bridgehead atoms. The van der Waals surface area contributed by atoms with E-state index in [1.54, 1.807) is 13.0 Å². The van der Waals surface area contributed by atoms with Gasteiger partial charge in [0, 0.05) is 43.0 Å². The van der Waals surface area contributed by atoms with E-state index in [4.69, 9.17) is 4.74 Å². The van der Waals surface area contributed by atoms with Crippen molar-refractivity contribution in [2.45, 2.75) is 25.7 Å². The highest BCUT2D eigenvalue weighted by atomic mass is 32.2. The molecule has 2 aliphatic heterocycles. The molecule has 2 aliphatic rings. The van der Waals surface area contributed by atoms with Crippen molar-refractivity contribution < 1.29 is 22.7 Å². The largest absolute Gasteiger partial charge is 0.492 e. The first-order chi connectivity index (χ1) is 14.3. The molecule has 6 nitrogen and oxygen atoms in total. The lowest BCUT2D eigenvalue weighted by molar-refractivity contribution is 0.0905. The predicted octanol–water partition coefficient (Wildman–Crippen LogP) is 3.27. The highest BCUT2D eigenvalue weighted by Crippen LogP contribution is 2.42. The Bertz CT molecular complexity index is 1090. The van der Waals surface area contributed by atoms with Crippen LogP contribution in [0, 0.1) is 5.92 Å². The number of nitrogens with zero attached hydrogens (tertiary/aromatic N) is 1. The number of fused-ring (bicyclic) bond motifs is 1. The lowest BCUT2D eigenvalue weighted by atomic mass is 9.87. The van der Waals surface area contributed by atoms with Crippen LogP contribution < -0.4 is 4.74 Å². The fraction of sp³-hybridized carbons (Fsp3) is 0.391. The molecular weight excluding hydrogens is 402 g/mol. The van der Waals surface area contributed by atoms with Crippen LogP contribution in [0.3, 0.4) is 0 Å². The number of rotatable bonds is 7. The molecule has 0 aromatic heterocycles. The predicted molar refractivity (Wildman–Crippen MR) is 114 cm³/mol. The maximum atomic E-state index is 13.0. The Morgan fingerprint density at radius 3 is 2.43 bits per heavy atom. The van der Waals surface area contributed by atoms with E-state index in [-0.39, 0.29) is 29.8 Å². The number of carbonyl (C=O) groups is 2. The Labute approximate surface area is 176 Å². The quantitative estimate of drug-likeness (QED) is 0.634. The van der Waals surface area contributed by atoms with Gasteiger partial charge in [0.05, 0.1) is 18.4 Å². The number of ketones is 2. The van der Waals surface area contributed by atoms with Crippen LogP contribution in [-0.2, 0) is 10.0 Å². The molecule has 0 saturated carbocycles. The zero-order valence-electron chi connectivity index (χ0n) is 17.1. The summed E-state index contributed by atoms with van der Waals surface area (Å²) in [6.07, 6.45) is 1.77. The summed E-state index contributed by atoms with van der Waals surface area (Å²) in [6.45, 7) is 2.96. The van der Waals surface area contributed by atoms with Crippen LogP contribution in [-0.4, -0.2) is 50.2 Å². The third-order valence-electron chi connectivity index (χ3n) is 5.90. The number of hydrogen-bond donors (Lipinski definition) is 0. The molecule has 0 radical (unpaired) electrons. The molecule has 2 aromatic carbocycles. The van der Waals surface area contributed by atoms with Crippen LogP contribution in [0.4, 0.5) is 0 Å². The first kappa shape index (κ1) is 20.8. The molecule has 0 spiro atoms. The number of benzene rings is 2. The van der Waals surface area contributed by atoms with E-state index in [9.17, 15) is 18.0 Å². The Hall–Kier alpha value is -2.51. The third kappa shape index (κ3) is 3.91. The summed E-state index contributed by atoms with van der Waals surface area (Å²) in [5.74, 6) is 0.439. The highest BCUT2D eigenvalue weighted by molar-refractivity contribution is 7.88. The molecule has 1 atom stereocenters. The summed E-state index contributed by atoms with van der Waals surface area (Å²) < 4.78 is 30.4. The van der Waals surface area contributed by atoms with Crippen LogP contribution in [0.1, 0.15) is 57.5 Å². The minimum absolute atomic E-state index is 0.00646. The van der Waals surface area contributed by atoms with Gasteiger partial charge in [-0.2, -0.15) is 0 Å². The Morgan fingerprint density at radius 1 is 1.10 bits per heavy atom. The van der Waals surface area contributed by atoms with Crippen molar-refractivity contribution in [3.63, 3.8) is 0 Å². The molecule has 2 heterocycles. The van der Waals surface area contributed by atoms with E-state index >= 15 is 0 Å². The SMILES string of the molecule is CCC(=O)c1cc(C(=O)CC2CN(S(C)(=O)=O)C2)cc2c1OCC2c1ccccc1. The second-order valence-corrected chi connectivity index (χ2v) is 10.0. The number of carbonyl (C=O) groups excluding carboxylic acids is 2. The second kappa shape index (κ2) is 7.96. The third-order valence-corrected chi connectivity index (χ3v) is 7.14. The zero-order valence-corrected chi connectivity index (χ0v) is 17.9. The maximum absolute atomic E-state index is 13.0. The maximum Gasteiger partial charge on any atom is 0.211 e. The molecule has 1 unspecified atom stereocenters. The Kier molecular flexibility index (Phi) is 5.51. The van der Waals surface area contributed by atoms with E-state index in [1.807, 2.05) is 36.4 Å². The van der Waals surface area contributed by atoms with E-state index in [2.05, 4.69) is 0 Å². The summed E-state index contributed by atoms with van der Waals surface area (Å²) in [4.78, 5) is 25.6. The summed E-state index contributed by atoms with van der Waals surface area (Å²) in [5, 5.41) is 0. The number of hydrogen-bond acceptors (Lipinski definition) is 5. The average molecular weight is 428 g/mol. The van der Waals surface area contributed by atoms with Crippen LogP contribution >= 0.6 is 0 Å². The molecule has 2 aromatic rings. The molecule has 0 aliphatic carbocycles. The minimum atomic E-state index is -3.21. The van der Waals surface area contributed by atoms with Gasteiger partial charge in [0.2, 0.25) is 10.0 Å². The molecule has 0 N–H and O–H groups in total. The van der Waals surface area contributed by atoms with Crippen LogP contribution in [0.5, 0.6) is 5.75 Å². The first-order valence-electron chi connectivity index (χ1n) is 10.1. The number of ether oxygens (including phenoxy) is 1. The van der Waals surface area contributed by atoms with Gasteiger partial charge in [-0.15, -0.1) is 0 Å². The molecule has 1 saturated heterocycles. The fourth-order valence-corrected chi connectivity index (χ4v) is 5.11. The molecule has 1 fully saturated rings. The molecule has 7 heteroatoms. The molecule has 158 valence electrons. The van der Waals surface area contributed by atoms with Crippen LogP contribution in [0.2, 0.25) is 0 Å². The molecule has 4 rings (SSSR count). The summed E-state index contributed by atoms with van der Waals surface area (Å²) >= 11 is 0. The van der Waals surface area contributed by atoms with Gasteiger partial charge in [0.15, 0.2) is 11.6 Å². The van der Waals surface area contributed by atoms with Gasteiger partial charge in [-0.05, 0) is 23.6 Å². The van der Waals surface area contributed by atoms with E-state index in [1.165, 1.54) is 10.6 Å². The van der Waals surface area contributed by atoms with Crippen molar-refractivity contribution in [3.8, 4) is 5.75 Å². The molecular formula is C23H25NO5S. The van der Waals surface area contributed by atoms with E-state index in [0.29, 0.717) is 43.0 Å². The fourth-order valence-electron chi connectivity index (χ4n) is 4.15. The van der Waals surface area contributed by atoms with Crippen LogP contribution in [0.15, 0.2) is 42.5 Å². The average Bonchev–Trinajstić information content (AvgIpc) is 3.12. The molecule has 0 amide bonds. The lowest BCUT2D eigenvalue weighted by Crippen LogP contribution is -2.49. The van der Waals surface area contributed by atoms with Crippen molar-refractivity contribution in [3.05, 3.63) is 64.7 Å². The zero-order chi connectivity index (χ0) is 21.5. The minimum Gasteiger partial charge on any atom is -0.492 e. The molecule has 30 heavy (non-hydrogen) atoms. The van der Waals surface area contributed by atoms with Gasteiger partial charge in [-0.3, -0.25) is 9.59 Å². The number of Topliss-reactive ketones (excluding diaryl/α,β-unsaturated/α-hetero) is 2. The smallest absolute Gasteiger partial charge is 0.211 e. The van der Waals surface area contributed by atoms with Crippen molar-refractivity contribution in [1.29, 1.82) is 0 Å². The van der Waals surface area contributed by atoms with Crippen LogP contribution in [0.25, 0.3) is 0 Å². The van der Waals surface area contributed by atoms with Gasteiger partial charge >= 0.3 is 0 Å². The van der Waals surface area contributed by atoms with Crippen molar-refractivity contribution in [2.24, 2.45) is 5.92 Å². The van der Waals surface area contributed by atoms with Gasteiger partial charge in [-0.25, -0.2) is 12.7 Å². The Balaban J connectivity index is 1.63. The van der Waals surface area contributed by atoms with Crippen molar-refractivity contribution in [1.82, 2.24) is 4.31 Å². The van der Waals surface area contributed by atoms with Gasteiger partial charge in [0.25, 0.3) is 0 Å². The Morgan fingerprint density at radius 2 is 1.80 bits per heavy atom. The second-order valence-electron chi connectivity index (χ2n) is 8.07. The summed E-state index contributed by atoms with van der Waals surface area (Å²) in [6, 6.07) is 13.4. The van der Waals surface area contributed by atoms with Gasteiger partial charge in [-0.1, -0.05) is 37.3 Å². The topological polar surface area (TPSA) is 80.8 Å². The monoisotopic (exact) mass is 427 g/mol. The van der Waals surface area contributed by atoms with E-state index in [0.717, 1.165) is 11.1 Å². The normalized spacial score (nSPS) is 19.1. The van der Waals surface area contributed by atoms with Crippen molar-refractivity contribution in [2.75, 3.05) is 26.0 Å². The van der Waals surface area contributed by atoms with Crippen molar-refractivity contribution >= 4 is 21.6 Å².